The van der Waals surface area contributed by atoms with Crippen molar-refractivity contribution in [2.24, 2.45) is 0 Å². The van der Waals surface area contributed by atoms with Gasteiger partial charge in [-0.1, -0.05) is 56.1 Å². The van der Waals surface area contributed by atoms with E-state index < -0.39 is 0 Å². The molecule has 134 valence electrons. The van der Waals surface area contributed by atoms with Crippen molar-refractivity contribution in [3.8, 4) is 0 Å². The largest absolute Gasteiger partial charge is 0.292 e. The highest BCUT2D eigenvalue weighted by molar-refractivity contribution is 9.10. The van der Waals surface area contributed by atoms with Crippen molar-refractivity contribution in [3.63, 3.8) is 0 Å². The van der Waals surface area contributed by atoms with Crippen LogP contribution in [0.1, 0.15) is 25.0 Å². The first-order valence-electron chi connectivity index (χ1n) is 8.63. The van der Waals surface area contributed by atoms with E-state index in [4.69, 9.17) is 0 Å². The Kier molecular flexibility index (Phi) is 6.28. The van der Waals surface area contributed by atoms with Crippen LogP contribution >= 0.6 is 31.9 Å². The Hall–Kier alpha value is -1.49. The van der Waals surface area contributed by atoms with Gasteiger partial charge in [0.05, 0.1) is 0 Å². The zero-order valence-electron chi connectivity index (χ0n) is 14.9. The average molecular weight is 475 g/mol. The van der Waals surface area contributed by atoms with Gasteiger partial charge < -0.3 is 0 Å². The predicted octanol–water partition coefficient (Wildman–Crippen LogP) is 5.97. The second-order valence-corrected chi connectivity index (χ2v) is 8.61. The Morgan fingerprint density at radius 1 is 0.885 bits per heavy atom. The molecule has 26 heavy (non-hydrogen) atoms. The summed E-state index contributed by atoms with van der Waals surface area (Å²) in [5, 5.41) is 0. The second kappa shape index (κ2) is 8.47. The number of nitrogens with zero attached hydrogens (tertiary/aromatic N) is 1. The molecule has 1 aliphatic rings. The Morgan fingerprint density at radius 3 is 1.73 bits per heavy atom. The number of hydrogen-bond acceptors (Lipinski definition) is 2. The number of halogens is 2. The molecule has 1 saturated heterocycles. The van der Waals surface area contributed by atoms with E-state index in [1.54, 1.807) is 0 Å². The number of rotatable bonds is 3. The van der Waals surface area contributed by atoms with E-state index >= 15 is 0 Å². The molecule has 2 aromatic rings. The highest BCUT2D eigenvalue weighted by Gasteiger charge is 2.27. The van der Waals surface area contributed by atoms with Gasteiger partial charge in [-0.15, -0.1) is 0 Å². The molecule has 4 heteroatoms. The van der Waals surface area contributed by atoms with Gasteiger partial charge in [0, 0.05) is 39.2 Å². The lowest BCUT2D eigenvalue weighted by atomic mass is 9.93. The Bertz CT molecular complexity index is 816. The van der Waals surface area contributed by atoms with Crippen molar-refractivity contribution in [2.45, 2.75) is 19.9 Å². The van der Waals surface area contributed by atoms with Crippen molar-refractivity contribution in [1.29, 1.82) is 0 Å². The summed E-state index contributed by atoms with van der Waals surface area (Å²) in [4.78, 5) is 15.4. The molecule has 0 saturated carbocycles. The predicted molar refractivity (Wildman–Crippen MR) is 116 cm³/mol. The molecular weight excluding hydrogens is 454 g/mol. The van der Waals surface area contributed by atoms with E-state index in [-0.39, 0.29) is 5.78 Å². The molecule has 0 bridgehead atoms. The van der Waals surface area contributed by atoms with Crippen molar-refractivity contribution >= 4 is 49.8 Å². The zero-order valence-corrected chi connectivity index (χ0v) is 18.0. The van der Waals surface area contributed by atoms with Crippen LogP contribution in [0.15, 0.2) is 68.6 Å². The molecule has 2 aromatic carbocycles. The molecule has 0 amide bonds. The molecule has 1 heterocycles. The normalized spacial score (nSPS) is 18.9. The van der Waals surface area contributed by atoms with Crippen LogP contribution in [-0.2, 0) is 4.79 Å². The minimum Gasteiger partial charge on any atom is -0.292 e. The number of likely N-dealkylation sites (tertiary alicyclic amines) is 1. The van der Waals surface area contributed by atoms with Crippen molar-refractivity contribution in [1.82, 2.24) is 4.90 Å². The summed E-state index contributed by atoms with van der Waals surface area (Å²) in [5.41, 5.74) is 3.75. The lowest BCUT2D eigenvalue weighted by molar-refractivity contribution is -0.113. The number of piperidine rings is 1. The monoisotopic (exact) mass is 473 g/mol. The maximum Gasteiger partial charge on any atom is 0.187 e. The first-order valence-corrected chi connectivity index (χ1v) is 10.2. The minimum atomic E-state index is 0.141. The number of Topliss-reactive ketones (excluding diaryl/α,β-unsaturated/α-hetero) is 1. The van der Waals surface area contributed by atoms with E-state index in [9.17, 15) is 4.79 Å². The number of carbonyl (C=O) groups is 1. The smallest absolute Gasteiger partial charge is 0.187 e. The van der Waals surface area contributed by atoms with Gasteiger partial charge in [-0.25, -0.2) is 0 Å². The van der Waals surface area contributed by atoms with E-state index in [0.717, 1.165) is 31.2 Å². The molecule has 0 atom stereocenters. The number of hydrogen-bond donors (Lipinski definition) is 0. The summed E-state index contributed by atoms with van der Waals surface area (Å²) >= 11 is 7.00. The van der Waals surface area contributed by atoms with Gasteiger partial charge in [0.2, 0.25) is 0 Å². The SMILES string of the molecule is CC(C)N1C/C(=C\c2cccc(Br)c2)C(=O)/C(=C/c2cccc(Br)c2)C1. The van der Waals surface area contributed by atoms with Gasteiger partial charge in [-0.2, -0.15) is 0 Å². The topological polar surface area (TPSA) is 20.3 Å². The standard InChI is InChI=1S/C22H21Br2NO/c1-15(2)25-13-18(9-16-5-3-7-20(23)11-16)22(26)19(14-25)10-17-6-4-8-21(24)12-17/h3-12,15H,13-14H2,1-2H3/b18-9+,19-10+. The number of ketones is 1. The van der Waals surface area contributed by atoms with Crippen LogP contribution in [-0.4, -0.2) is 29.8 Å². The fraction of sp³-hybridized carbons (Fsp3) is 0.227. The lowest BCUT2D eigenvalue weighted by Crippen LogP contribution is -2.41. The lowest BCUT2D eigenvalue weighted by Gasteiger charge is -2.32. The molecule has 0 unspecified atom stereocenters. The summed E-state index contributed by atoms with van der Waals surface area (Å²) in [6, 6.07) is 16.4. The second-order valence-electron chi connectivity index (χ2n) is 6.78. The maximum absolute atomic E-state index is 13.1. The summed E-state index contributed by atoms with van der Waals surface area (Å²) in [6.07, 6.45) is 4.02. The molecule has 0 aliphatic carbocycles. The molecule has 0 aromatic heterocycles. The fourth-order valence-electron chi connectivity index (χ4n) is 3.03. The summed E-state index contributed by atoms with van der Waals surface area (Å²) in [6.45, 7) is 5.70. The molecule has 0 radical (unpaired) electrons. The van der Waals surface area contributed by atoms with Crippen LogP contribution < -0.4 is 0 Å². The highest BCUT2D eigenvalue weighted by atomic mass is 79.9. The molecule has 0 N–H and O–H groups in total. The Labute approximate surface area is 171 Å². The molecule has 3 rings (SSSR count). The molecule has 0 spiro atoms. The van der Waals surface area contributed by atoms with E-state index in [1.165, 1.54) is 0 Å². The van der Waals surface area contributed by atoms with Crippen LogP contribution in [0.4, 0.5) is 0 Å². The minimum absolute atomic E-state index is 0.141. The average Bonchev–Trinajstić information content (AvgIpc) is 2.58. The van der Waals surface area contributed by atoms with Crippen LogP contribution in [0.25, 0.3) is 12.2 Å². The zero-order chi connectivity index (χ0) is 18.7. The molecule has 1 aliphatic heterocycles. The Balaban J connectivity index is 1.99. The highest BCUT2D eigenvalue weighted by Crippen LogP contribution is 2.25. The fourth-order valence-corrected chi connectivity index (χ4v) is 3.86. The van der Waals surface area contributed by atoms with Crippen LogP contribution in [0.2, 0.25) is 0 Å². The molecule has 2 nitrogen and oxygen atoms in total. The van der Waals surface area contributed by atoms with Crippen molar-refractivity contribution in [3.05, 3.63) is 79.7 Å². The molecule has 1 fully saturated rings. The molecular formula is C22H21Br2NO. The van der Waals surface area contributed by atoms with E-state index in [1.807, 2.05) is 60.7 Å². The van der Waals surface area contributed by atoms with Crippen LogP contribution in [0.3, 0.4) is 0 Å². The number of carbonyl (C=O) groups excluding carboxylic acids is 1. The summed E-state index contributed by atoms with van der Waals surface area (Å²) < 4.78 is 2.03. The maximum atomic E-state index is 13.1. The van der Waals surface area contributed by atoms with Gasteiger partial charge in [-0.3, -0.25) is 9.69 Å². The summed E-state index contributed by atoms with van der Waals surface area (Å²) in [7, 11) is 0. The first-order chi connectivity index (χ1) is 12.4. The third-order valence-corrected chi connectivity index (χ3v) is 5.43. The van der Waals surface area contributed by atoms with Crippen LogP contribution in [0.5, 0.6) is 0 Å². The quantitative estimate of drug-likeness (QED) is 0.510. The van der Waals surface area contributed by atoms with Crippen molar-refractivity contribution in [2.75, 3.05) is 13.1 Å². The van der Waals surface area contributed by atoms with Crippen molar-refractivity contribution < 1.29 is 4.79 Å². The van der Waals surface area contributed by atoms with E-state index in [2.05, 4.69) is 50.6 Å². The number of benzene rings is 2. The van der Waals surface area contributed by atoms with Gasteiger partial charge in [0.1, 0.15) is 0 Å². The third-order valence-electron chi connectivity index (χ3n) is 4.44. The summed E-state index contributed by atoms with van der Waals surface area (Å²) in [5.74, 6) is 0.141. The van der Waals surface area contributed by atoms with Gasteiger partial charge in [-0.05, 0) is 61.4 Å². The van der Waals surface area contributed by atoms with Gasteiger partial charge in [0.25, 0.3) is 0 Å². The van der Waals surface area contributed by atoms with Gasteiger partial charge >= 0.3 is 0 Å². The van der Waals surface area contributed by atoms with Crippen LogP contribution in [0, 0.1) is 0 Å². The third kappa shape index (κ3) is 4.81. The Morgan fingerprint density at radius 2 is 1.35 bits per heavy atom. The van der Waals surface area contributed by atoms with E-state index in [0.29, 0.717) is 19.1 Å². The van der Waals surface area contributed by atoms with Gasteiger partial charge in [0.15, 0.2) is 5.78 Å². The first kappa shape index (κ1) is 19.3.